The van der Waals surface area contributed by atoms with Crippen LogP contribution in [-0.2, 0) is 16.1 Å². The molecule has 3 rings (SSSR count). The van der Waals surface area contributed by atoms with Gasteiger partial charge in [0, 0.05) is 19.6 Å². The summed E-state index contributed by atoms with van der Waals surface area (Å²) >= 11 is 0. The molecule has 0 aromatic heterocycles. The molecule has 0 bridgehead atoms. The first kappa shape index (κ1) is 12.2. The molecule has 1 amide bonds. The van der Waals surface area contributed by atoms with Gasteiger partial charge < -0.3 is 9.64 Å². The summed E-state index contributed by atoms with van der Waals surface area (Å²) in [5, 5.41) is 9.28. The lowest BCUT2D eigenvalue weighted by atomic mass is 9.96. The second-order valence-electron chi connectivity index (χ2n) is 5.21. The first-order chi connectivity index (χ1) is 9.25. The maximum atomic E-state index is 12.6. The molecule has 2 heterocycles. The zero-order valence-corrected chi connectivity index (χ0v) is 10.7. The summed E-state index contributed by atoms with van der Waals surface area (Å²) in [6, 6.07) is 11.7. The molecule has 4 heteroatoms. The highest BCUT2D eigenvalue weighted by atomic mass is 16.5. The summed E-state index contributed by atoms with van der Waals surface area (Å²) in [5.74, 6) is -0.0135. The van der Waals surface area contributed by atoms with Crippen LogP contribution in [0.4, 0.5) is 0 Å². The average molecular weight is 256 g/mol. The number of carbonyl (C=O) groups excluding carboxylic acids is 1. The Labute approximate surface area is 112 Å². The van der Waals surface area contributed by atoms with Crippen molar-refractivity contribution in [3.05, 3.63) is 35.9 Å². The number of ether oxygens (including phenoxy) is 1. The summed E-state index contributed by atoms with van der Waals surface area (Å²) in [5.41, 5.74) is 0.334. The van der Waals surface area contributed by atoms with Crippen LogP contribution in [0.1, 0.15) is 24.8 Å². The van der Waals surface area contributed by atoms with Crippen molar-refractivity contribution in [1.82, 2.24) is 4.90 Å². The summed E-state index contributed by atoms with van der Waals surface area (Å²) in [6.45, 7) is 1.12. The predicted molar refractivity (Wildman–Crippen MR) is 68.9 cm³/mol. The Bertz CT molecular complexity index is 515. The van der Waals surface area contributed by atoms with E-state index in [2.05, 4.69) is 6.07 Å². The Morgan fingerprint density at radius 2 is 2.21 bits per heavy atom. The lowest BCUT2D eigenvalue weighted by Crippen LogP contribution is -2.39. The van der Waals surface area contributed by atoms with Crippen LogP contribution in [0.3, 0.4) is 0 Å². The van der Waals surface area contributed by atoms with Crippen LogP contribution in [0.15, 0.2) is 30.3 Å². The van der Waals surface area contributed by atoms with Crippen molar-refractivity contribution in [2.75, 3.05) is 6.61 Å². The summed E-state index contributed by atoms with van der Waals surface area (Å²) in [6.07, 6.45) is 2.16. The molecule has 0 aliphatic carbocycles. The molecule has 2 aliphatic rings. The maximum absolute atomic E-state index is 12.6. The first-order valence-electron chi connectivity index (χ1n) is 6.64. The van der Waals surface area contributed by atoms with Gasteiger partial charge in [-0.2, -0.15) is 5.26 Å². The summed E-state index contributed by atoms with van der Waals surface area (Å²) in [7, 11) is 0. The molecule has 1 spiro atoms. The second-order valence-corrected chi connectivity index (χ2v) is 5.21. The molecule has 1 aromatic carbocycles. The minimum Gasteiger partial charge on any atom is -0.365 e. The Hall–Kier alpha value is -1.86. The second kappa shape index (κ2) is 4.67. The van der Waals surface area contributed by atoms with Crippen LogP contribution < -0.4 is 0 Å². The van der Waals surface area contributed by atoms with Gasteiger partial charge in [-0.25, -0.2) is 0 Å². The molecular formula is C15H16N2O2. The molecule has 2 fully saturated rings. The van der Waals surface area contributed by atoms with E-state index in [1.54, 1.807) is 4.90 Å². The SMILES string of the molecule is N#CC1C[C@]2(CCCO2)C(=O)N1Cc1ccccc1. The zero-order chi connectivity index (χ0) is 13.3. The molecule has 0 radical (unpaired) electrons. The first-order valence-corrected chi connectivity index (χ1v) is 6.64. The number of hydrogen-bond donors (Lipinski definition) is 0. The topological polar surface area (TPSA) is 53.3 Å². The van der Waals surface area contributed by atoms with Gasteiger partial charge in [-0.1, -0.05) is 30.3 Å². The van der Waals surface area contributed by atoms with Crippen LogP contribution in [0.2, 0.25) is 0 Å². The van der Waals surface area contributed by atoms with E-state index in [-0.39, 0.29) is 11.9 Å². The maximum Gasteiger partial charge on any atom is 0.256 e. The van der Waals surface area contributed by atoms with E-state index in [0.29, 0.717) is 19.6 Å². The monoisotopic (exact) mass is 256 g/mol. The molecule has 0 N–H and O–H groups in total. The third kappa shape index (κ3) is 2.00. The molecule has 19 heavy (non-hydrogen) atoms. The fraction of sp³-hybridized carbons (Fsp3) is 0.467. The van der Waals surface area contributed by atoms with Gasteiger partial charge in [0.25, 0.3) is 5.91 Å². The van der Waals surface area contributed by atoms with Crippen molar-refractivity contribution >= 4 is 5.91 Å². The van der Waals surface area contributed by atoms with Gasteiger partial charge in [0.05, 0.1) is 6.07 Å². The molecule has 2 atom stereocenters. The molecule has 1 aromatic rings. The number of likely N-dealkylation sites (tertiary alicyclic amines) is 1. The predicted octanol–water partition coefficient (Wildman–Crippen LogP) is 1.86. The number of carbonyl (C=O) groups is 1. The number of nitriles is 1. The van der Waals surface area contributed by atoms with Gasteiger partial charge >= 0.3 is 0 Å². The van der Waals surface area contributed by atoms with Gasteiger partial charge in [0.2, 0.25) is 0 Å². The molecular weight excluding hydrogens is 240 g/mol. The quantitative estimate of drug-likeness (QED) is 0.811. The zero-order valence-electron chi connectivity index (χ0n) is 10.7. The molecule has 1 unspecified atom stereocenters. The van der Waals surface area contributed by atoms with Crippen LogP contribution in [0.25, 0.3) is 0 Å². The van der Waals surface area contributed by atoms with E-state index < -0.39 is 5.60 Å². The smallest absolute Gasteiger partial charge is 0.256 e. The highest BCUT2D eigenvalue weighted by Gasteiger charge is 2.54. The minimum atomic E-state index is -0.713. The van der Waals surface area contributed by atoms with E-state index in [9.17, 15) is 10.1 Å². The van der Waals surface area contributed by atoms with Crippen LogP contribution in [0.5, 0.6) is 0 Å². The van der Waals surface area contributed by atoms with E-state index in [1.165, 1.54) is 0 Å². The van der Waals surface area contributed by atoms with Crippen molar-refractivity contribution in [2.24, 2.45) is 0 Å². The van der Waals surface area contributed by atoms with E-state index in [0.717, 1.165) is 18.4 Å². The number of rotatable bonds is 2. The van der Waals surface area contributed by atoms with Crippen molar-refractivity contribution in [3.63, 3.8) is 0 Å². The van der Waals surface area contributed by atoms with Gasteiger partial charge in [-0.15, -0.1) is 0 Å². The summed E-state index contributed by atoms with van der Waals surface area (Å²) < 4.78 is 5.67. The molecule has 2 aliphatic heterocycles. The number of nitrogens with zero attached hydrogens (tertiary/aromatic N) is 2. The van der Waals surface area contributed by atoms with Gasteiger partial charge in [-0.05, 0) is 18.4 Å². The highest BCUT2D eigenvalue weighted by molar-refractivity contribution is 5.88. The Balaban J connectivity index is 1.84. The van der Waals surface area contributed by atoms with Crippen LogP contribution >= 0.6 is 0 Å². The van der Waals surface area contributed by atoms with E-state index >= 15 is 0 Å². The average Bonchev–Trinajstić information content (AvgIpc) is 3.01. The Morgan fingerprint density at radius 3 is 2.84 bits per heavy atom. The van der Waals surface area contributed by atoms with Crippen LogP contribution in [-0.4, -0.2) is 29.1 Å². The van der Waals surface area contributed by atoms with E-state index in [1.807, 2.05) is 30.3 Å². The molecule has 4 nitrogen and oxygen atoms in total. The third-order valence-corrected chi connectivity index (χ3v) is 4.00. The minimum absolute atomic E-state index is 0.0135. The summed E-state index contributed by atoms with van der Waals surface area (Å²) in [4.78, 5) is 14.2. The largest absolute Gasteiger partial charge is 0.365 e. The lowest BCUT2D eigenvalue weighted by molar-refractivity contribution is -0.145. The van der Waals surface area contributed by atoms with Gasteiger partial charge in [0.15, 0.2) is 0 Å². The van der Waals surface area contributed by atoms with Gasteiger partial charge in [-0.3, -0.25) is 4.79 Å². The fourth-order valence-corrected chi connectivity index (χ4v) is 3.02. The number of amides is 1. The van der Waals surface area contributed by atoms with Crippen molar-refractivity contribution < 1.29 is 9.53 Å². The standard InChI is InChI=1S/C15H16N2O2/c16-10-13-9-15(7-4-8-19-15)14(18)17(13)11-12-5-2-1-3-6-12/h1-3,5-6,13H,4,7-9,11H2/t13?,15-/m1/s1. The van der Waals surface area contributed by atoms with Crippen molar-refractivity contribution in [1.29, 1.82) is 5.26 Å². The third-order valence-electron chi connectivity index (χ3n) is 4.00. The molecule has 0 saturated carbocycles. The fourth-order valence-electron chi connectivity index (χ4n) is 3.02. The van der Waals surface area contributed by atoms with Gasteiger partial charge in [0.1, 0.15) is 11.6 Å². The number of hydrogen-bond acceptors (Lipinski definition) is 3. The molecule has 2 saturated heterocycles. The highest BCUT2D eigenvalue weighted by Crippen LogP contribution is 2.39. The van der Waals surface area contributed by atoms with Crippen LogP contribution in [0, 0.1) is 11.3 Å². The van der Waals surface area contributed by atoms with Crippen molar-refractivity contribution in [3.8, 4) is 6.07 Å². The van der Waals surface area contributed by atoms with Crippen molar-refractivity contribution in [2.45, 2.75) is 37.5 Å². The van der Waals surface area contributed by atoms with E-state index in [4.69, 9.17) is 4.74 Å². The normalized spacial score (nSPS) is 29.9. The Morgan fingerprint density at radius 1 is 1.42 bits per heavy atom. The Kier molecular flexibility index (Phi) is 3.00. The molecule has 98 valence electrons. The lowest BCUT2D eigenvalue weighted by Gasteiger charge is -2.22. The number of benzene rings is 1.